The minimum atomic E-state index is -0.525. The molecular formula is C11H9BrClN5O3. The molecule has 0 spiro atoms. The topological polar surface area (TPSA) is 94.3 Å². The van der Waals surface area contributed by atoms with Gasteiger partial charge in [0.2, 0.25) is 11.2 Å². The van der Waals surface area contributed by atoms with Gasteiger partial charge in [-0.2, -0.15) is 15.0 Å². The van der Waals surface area contributed by atoms with Gasteiger partial charge in [-0.1, -0.05) is 6.07 Å². The van der Waals surface area contributed by atoms with E-state index < -0.39 is 4.92 Å². The van der Waals surface area contributed by atoms with Crippen molar-refractivity contribution in [1.29, 1.82) is 0 Å². The molecular weight excluding hydrogens is 366 g/mol. The molecule has 0 aliphatic rings. The SMILES string of the molecule is CN(C)c1nc(Cl)nc(Oc2cccc([N+](=O)[O-])c2Br)n1. The van der Waals surface area contributed by atoms with Crippen molar-refractivity contribution in [2.45, 2.75) is 0 Å². The Morgan fingerprint density at radius 3 is 2.67 bits per heavy atom. The average Bonchev–Trinajstić information content (AvgIpc) is 2.40. The molecule has 0 radical (unpaired) electrons. The Balaban J connectivity index is 2.39. The van der Waals surface area contributed by atoms with E-state index in [0.29, 0.717) is 5.95 Å². The van der Waals surface area contributed by atoms with Crippen molar-refractivity contribution < 1.29 is 9.66 Å². The van der Waals surface area contributed by atoms with Crippen LogP contribution < -0.4 is 9.64 Å². The summed E-state index contributed by atoms with van der Waals surface area (Å²) in [7, 11) is 3.47. The number of nitro benzene ring substituents is 1. The second-order valence-electron chi connectivity index (χ2n) is 4.03. The number of hydrogen-bond acceptors (Lipinski definition) is 7. The molecule has 0 aliphatic heterocycles. The van der Waals surface area contributed by atoms with Crippen LogP contribution in [0.25, 0.3) is 0 Å². The molecule has 110 valence electrons. The Bertz CT molecular complexity index is 698. The first kappa shape index (κ1) is 15.4. The summed E-state index contributed by atoms with van der Waals surface area (Å²) >= 11 is 8.92. The van der Waals surface area contributed by atoms with Crippen LogP contribution in [-0.4, -0.2) is 34.0 Å². The van der Waals surface area contributed by atoms with E-state index in [0.717, 1.165) is 0 Å². The fraction of sp³-hybridized carbons (Fsp3) is 0.182. The first-order valence-electron chi connectivity index (χ1n) is 5.58. The Morgan fingerprint density at radius 2 is 2.05 bits per heavy atom. The minimum absolute atomic E-state index is 0.0368. The molecule has 0 atom stereocenters. The van der Waals surface area contributed by atoms with Gasteiger partial charge in [0.25, 0.3) is 5.69 Å². The van der Waals surface area contributed by atoms with Crippen molar-refractivity contribution >= 4 is 39.2 Å². The summed E-state index contributed by atoms with van der Waals surface area (Å²) in [6, 6.07) is 4.33. The molecule has 2 rings (SSSR count). The molecule has 0 bridgehead atoms. The molecule has 1 aromatic heterocycles. The molecule has 21 heavy (non-hydrogen) atoms. The third kappa shape index (κ3) is 3.56. The van der Waals surface area contributed by atoms with Crippen molar-refractivity contribution in [3.05, 3.63) is 38.1 Å². The molecule has 0 saturated carbocycles. The van der Waals surface area contributed by atoms with Crippen molar-refractivity contribution in [2.75, 3.05) is 19.0 Å². The van der Waals surface area contributed by atoms with Crippen LogP contribution in [0.1, 0.15) is 0 Å². The van der Waals surface area contributed by atoms with Crippen LogP contribution >= 0.6 is 27.5 Å². The summed E-state index contributed by atoms with van der Waals surface area (Å²) in [5.41, 5.74) is -0.125. The van der Waals surface area contributed by atoms with Crippen molar-refractivity contribution in [2.24, 2.45) is 0 Å². The first-order chi connectivity index (χ1) is 9.88. The predicted octanol–water partition coefficient (Wildman–Crippen LogP) is 3.05. The number of aromatic nitrogens is 3. The lowest BCUT2D eigenvalue weighted by atomic mass is 10.3. The van der Waals surface area contributed by atoms with Gasteiger partial charge in [0, 0.05) is 20.2 Å². The highest BCUT2D eigenvalue weighted by atomic mass is 79.9. The molecule has 0 N–H and O–H groups in total. The molecule has 2 aromatic rings. The Hall–Kier alpha value is -2.00. The van der Waals surface area contributed by atoms with E-state index in [-0.39, 0.29) is 27.2 Å². The van der Waals surface area contributed by atoms with E-state index in [1.165, 1.54) is 12.1 Å². The number of hydrogen-bond donors (Lipinski definition) is 0. The number of anilines is 1. The third-order valence-electron chi connectivity index (χ3n) is 2.32. The number of halogens is 2. The summed E-state index contributed by atoms with van der Waals surface area (Å²) in [6.07, 6.45) is 0. The zero-order chi connectivity index (χ0) is 15.6. The molecule has 0 saturated heterocycles. The highest BCUT2D eigenvalue weighted by molar-refractivity contribution is 9.10. The molecule has 10 heteroatoms. The first-order valence-corrected chi connectivity index (χ1v) is 6.75. The normalized spacial score (nSPS) is 10.3. The van der Waals surface area contributed by atoms with Gasteiger partial charge in [-0.25, -0.2) is 0 Å². The second-order valence-corrected chi connectivity index (χ2v) is 5.16. The van der Waals surface area contributed by atoms with Gasteiger partial charge in [0.05, 0.1) is 4.92 Å². The molecule has 0 aliphatic carbocycles. The van der Waals surface area contributed by atoms with Gasteiger partial charge >= 0.3 is 6.01 Å². The number of rotatable bonds is 4. The average molecular weight is 375 g/mol. The van der Waals surface area contributed by atoms with E-state index in [1.54, 1.807) is 25.1 Å². The zero-order valence-corrected chi connectivity index (χ0v) is 13.3. The maximum atomic E-state index is 10.9. The van der Waals surface area contributed by atoms with Crippen LogP contribution in [0.4, 0.5) is 11.6 Å². The molecule has 0 fully saturated rings. The van der Waals surface area contributed by atoms with Gasteiger partial charge in [0.15, 0.2) is 5.75 Å². The zero-order valence-electron chi connectivity index (χ0n) is 10.9. The highest BCUT2D eigenvalue weighted by Gasteiger charge is 2.18. The highest BCUT2D eigenvalue weighted by Crippen LogP contribution is 2.35. The van der Waals surface area contributed by atoms with Crippen LogP contribution in [0.2, 0.25) is 5.28 Å². The molecule has 0 unspecified atom stereocenters. The molecule has 1 heterocycles. The summed E-state index contributed by atoms with van der Waals surface area (Å²) in [5.74, 6) is 0.516. The fourth-order valence-electron chi connectivity index (χ4n) is 1.39. The summed E-state index contributed by atoms with van der Waals surface area (Å²) < 4.78 is 5.64. The molecule has 0 amide bonds. The summed E-state index contributed by atoms with van der Waals surface area (Å²) in [6.45, 7) is 0. The largest absolute Gasteiger partial charge is 0.423 e. The Morgan fingerprint density at radius 1 is 1.33 bits per heavy atom. The van der Waals surface area contributed by atoms with Gasteiger partial charge in [-0.15, -0.1) is 0 Å². The van der Waals surface area contributed by atoms with Gasteiger partial charge < -0.3 is 9.64 Å². The predicted molar refractivity (Wildman–Crippen MR) is 80.0 cm³/mol. The quantitative estimate of drug-likeness (QED) is 0.599. The van der Waals surface area contributed by atoms with Gasteiger partial charge in [0.1, 0.15) is 4.47 Å². The minimum Gasteiger partial charge on any atom is -0.423 e. The number of benzene rings is 1. The monoisotopic (exact) mass is 373 g/mol. The van der Waals surface area contributed by atoms with Crippen LogP contribution in [0, 0.1) is 10.1 Å². The van der Waals surface area contributed by atoms with E-state index >= 15 is 0 Å². The molecule has 8 nitrogen and oxygen atoms in total. The number of nitrogens with zero attached hydrogens (tertiary/aromatic N) is 5. The lowest BCUT2D eigenvalue weighted by Gasteiger charge is -2.11. The maximum Gasteiger partial charge on any atom is 0.328 e. The Labute approximate surface area is 133 Å². The third-order valence-corrected chi connectivity index (χ3v) is 3.28. The fourth-order valence-corrected chi connectivity index (χ4v) is 2.02. The van der Waals surface area contributed by atoms with E-state index in [2.05, 4.69) is 30.9 Å². The smallest absolute Gasteiger partial charge is 0.328 e. The standard InChI is InChI=1S/C11H9BrClN5O3/c1-17(2)10-14-9(13)15-11(16-10)21-7-5-3-4-6(8(7)12)18(19)20/h3-5H,1-2H3. The van der Waals surface area contributed by atoms with Gasteiger partial charge in [-0.05, 0) is 33.6 Å². The van der Waals surface area contributed by atoms with Crippen molar-refractivity contribution in [3.63, 3.8) is 0 Å². The van der Waals surface area contributed by atoms with Crippen LogP contribution in [0.5, 0.6) is 11.8 Å². The van der Waals surface area contributed by atoms with Crippen molar-refractivity contribution in [1.82, 2.24) is 15.0 Å². The van der Waals surface area contributed by atoms with E-state index in [4.69, 9.17) is 16.3 Å². The number of nitro groups is 1. The lowest BCUT2D eigenvalue weighted by Crippen LogP contribution is -2.13. The van der Waals surface area contributed by atoms with Crippen LogP contribution in [-0.2, 0) is 0 Å². The second kappa shape index (κ2) is 6.19. The van der Waals surface area contributed by atoms with Crippen molar-refractivity contribution in [3.8, 4) is 11.8 Å². The maximum absolute atomic E-state index is 10.9. The lowest BCUT2D eigenvalue weighted by molar-refractivity contribution is -0.385. The summed E-state index contributed by atoms with van der Waals surface area (Å²) in [5, 5.41) is 10.8. The number of ether oxygens (including phenoxy) is 1. The van der Waals surface area contributed by atoms with Crippen LogP contribution in [0.3, 0.4) is 0 Å². The molecule has 1 aromatic carbocycles. The van der Waals surface area contributed by atoms with E-state index in [1.807, 2.05) is 0 Å². The van der Waals surface area contributed by atoms with Gasteiger partial charge in [-0.3, -0.25) is 10.1 Å². The summed E-state index contributed by atoms with van der Waals surface area (Å²) in [4.78, 5) is 23.8. The van der Waals surface area contributed by atoms with Crippen LogP contribution in [0.15, 0.2) is 22.7 Å². The Kier molecular flexibility index (Phi) is 4.53. The van der Waals surface area contributed by atoms with E-state index in [9.17, 15) is 10.1 Å².